The topological polar surface area (TPSA) is 71.6 Å². The van der Waals surface area contributed by atoms with Crippen molar-refractivity contribution in [2.75, 3.05) is 18.0 Å². The zero-order valence-electron chi connectivity index (χ0n) is 20.0. The first-order valence-corrected chi connectivity index (χ1v) is 11.2. The summed E-state index contributed by atoms with van der Waals surface area (Å²) in [4.78, 5) is 12.0. The molecular weight excluding hydrogens is 398 g/mol. The van der Waals surface area contributed by atoms with E-state index in [0.717, 1.165) is 58.7 Å². The maximum absolute atomic E-state index is 5.01. The number of fused-ring (bicyclic) bond motifs is 1. The minimum absolute atomic E-state index is 0.203. The second-order valence-electron chi connectivity index (χ2n) is 9.08. The van der Waals surface area contributed by atoms with E-state index in [1.54, 1.807) is 0 Å². The van der Waals surface area contributed by atoms with E-state index in [4.69, 9.17) is 15.1 Å². The van der Waals surface area contributed by atoms with Crippen molar-refractivity contribution in [3.05, 3.63) is 53.5 Å². The average Bonchev–Trinajstić information content (AvgIpc) is 3.31. The van der Waals surface area contributed by atoms with Gasteiger partial charge >= 0.3 is 0 Å². The highest BCUT2D eigenvalue weighted by Crippen LogP contribution is 2.31. The van der Waals surface area contributed by atoms with Gasteiger partial charge in [0.25, 0.3) is 0 Å². The molecule has 1 aromatic carbocycles. The van der Waals surface area contributed by atoms with E-state index in [1.165, 1.54) is 0 Å². The van der Waals surface area contributed by atoms with Gasteiger partial charge in [-0.15, -0.1) is 10.2 Å². The van der Waals surface area contributed by atoms with Crippen LogP contribution in [-0.2, 0) is 0 Å². The van der Waals surface area contributed by atoms with Crippen molar-refractivity contribution in [1.82, 2.24) is 19.9 Å². The van der Waals surface area contributed by atoms with Crippen molar-refractivity contribution >= 4 is 22.9 Å². The number of aromatic nitrogens is 4. The highest BCUT2D eigenvalue weighted by molar-refractivity contribution is 6.50. The monoisotopic (exact) mass is 429 g/mol. The Bertz CT molecular complexity index is 1210. The fourth-order valence-corrected chi connectivity index (χ4v) is 3.88. The molecule has 4 rings (SSSR count). The number of aliphatic imine (C=N–C) groups is 1. The van der Waals surface area contributed by atoms with Crippen molar-refractivity contribution < 1.29 is 0 Å². The highest BCUT2D eigenvalue weighted by atomic mass is 15.5. The predicted molar refractivity (Wildman–Crippen MR) is 131 cm³/mol. The number of nitrogens with zero attached hydrogens (tertiary/aromatic N) is 7. The molecule has 32 heavy (non-hydrogen) atoms. The van der Waals surface area contributed by atoms with Crippen molar-refractivity contribution in [3.8, 4) is 11.4 Å². The van der Waals surface area contributed by atoms with E-state index in [9.17, 15) is 0 Å². The molecule has 0 amide bonds. The lowest BCUT2D eigenvalue weighted by molar-refractivity contribution is 0.594. The summed E-state index contributed by atoms with van der Waals surface area (Å²) in [5.74, 6) is 2.37. The van der Waals surface area contributed by atoms with Crippen LogP contribution in [0.2, 0.25) is 0 Å². The maximum atomic E-state index is 5.01. The minimum Gasteiger partial charge on any atom is -0.357 e. The van der Waals surface area contributed by atoms with Gasteiger partial charge in [0.1, 0.15) is 11.5 Å². The molecule has 0 N–H and O–H groups in total. The molecule has 0 spiro atoms. The average molecular weight is 430 g/mol. The Morgan fingerprint density at radius 2 is 1.62 bits per heavy atom. The van der Waals surface area contributed by atoms with E-state index in [1.807, 2.05) is 41.9 Å². The molecule has 0 bridgehead atoms. The summed E-state index contributed by atoms with van der Waals surface area (Å²) in [6, 6.07) is 12.2. The first-order chi connectivity index (χ1) is 15.2. The van der Waals surface area contributed by atoms with E-state index in [-0.39, 0.29) is 5.41 Å². The number of aryl methyl sites for hydroxylation is 2. The Balaban J connectivity index is 1.83. The lowest BCUT2D eigenvalue weighted by Crippen LogP contribution is -2.27. The van der Waals surface area contributed by atoms with Gasteiger partial charge in [0.05, 0.1) is 17.1 Å². The molecule has 0 radical (unpaired) electrons. The van der Waals surface area contributed by atoms with Crippen LogP contribution in [0.3, 0.4) is 0 Å². The molecule has 2 aromatic heterocycles. The van der Waals surface area contributed by atoms with Crippen LogP contribution in [0.5, 0.6) is 0 Å². The first kappa shape index (κ1) is 21.9. The third-order valence-corrected chi connectivity index (χ3v) is 5.74. The standard InChI is InChI=1S/C25H31N7/c1-8-31(9-2)20-15-14-19(17(4)26-20)27-21-22(25(5,6)7)30-32-23(28-29-24(21)32)18-13-11-10-12-16(18)3/h10-15H,8-9H2,1-7H3. The van der Waals surface area contributed by atoms with Crippen LogP contribution in [0.4, 0.5) is 11.5 Å². The number of anilines is 1. The van der Waals surface area contributed by atoms with Crippen LogP contribution in [0.15, 0.2) is 46.5 Å². The zero-order valence-corrected chi connectivity index (χ0v) is 20.0. The fourth-order valence-electron chi connectivity index (χ4n) is 3.88. The van der Waals surface area contributed by atoms with Gasteiger partial charge in [0.2, 0.25) is 5.82 Å². The number of benzene rings is 1. The number of hydrogen-bond donors (Lipinski definition) is 0. The Hall–Kier alpha value is -3.35. The maximum Gasteiger partial charge on any atom is 0.205 e. The Labute approximate surface area is 189 Å². The van der Waals surface area contributed by atoms with Crippen LogP contribution < -0.4 is 4.90 Å². The summed E-state index contributed by atoms with van der Waals surface area (Å²) in [7, 11) is 0. The van der Waals surface area contributed by atoms with E-state index >= 15 is 0 Å². The molecule has 3 heterocycles. The summed E-state index contributed by atoms with van der Waals surface area (Å²) in [6.07, 6.45) is 0. The van der Waals surface area contributed by atoms with Crippen LogP contribution >= 0.6 is 0 Å². The second-order valence-corrected chi connectivity index (χ2v) is 9.08. The molecular formula is C25H31N7. The van der Waals surface area contributed by atoms with Crippen molar-refractivity contribution in [1.29, 1.82) is 0 Å². The Kier molecular flexibility index (Phi) is 5.67. The predicted octanol–water partition coefficient (Wildman–Crippen LogP) is 5.19. The zero-order chi connectivity index (χ0) is 23.0. The van der Waals surface area contributed by atoms with Crippen LogP contribution in [0, 0.1) is 19.3 Å². The van der Waals surface area contributed by atoms with Crippen molar-refractivity contribution in [2.24, 2.45) is 15.5 Å². The highest BCUT2D eigenvalue weighted by Gasteiger charge is 2.35. The summed E-state index contributed by atoms with van der Waals surface area (Å²) >= 11 is 0. The van der Waals surface area contributed by atoms with Gasteiger partial charge in [-0.25, -0.2) is 9.98 Å². The normalized spacial score (nSPS) is 14.6. The van der Waals surface area contributed by atoms with E-state index in [0.29, 0.717) is 5.82 Å². The van der Waals surface area contributed by atoms with Gasteiger partial charge < -0.3 is 4.90 Å². The van der Waals surface area contributed by atoms with Crippen molar-refractivity contribution in [2.45, 2.75) is 48.5 Å². The first-order valence-electron chi connectivity index (χ1n) is 11.2. The fraction of sp³-hybridized carbons (Fsp3) is 0.400. The van der Waals surface area contributed by atoms with E-state index in [2.05, 4.69) is 62.7 Å². The molecule has 1 aliphatic rings. The molecule has 0 saturated heterocycles. The summed E-state index contributed by atoms with van der Waals surface area (Å²) < 4.78 is 1.83. The molecule has 0 saturated carbocycles. The molecule has 0 unspecified atom stereocenters. The van der Waals surface area contributed by atoms with Gasteiger partial charge in [-0.05, 0) is 45.4 Å². The summed E-state index contributed by atoms with van der Waals surface area (Å²) in [6.45, 7) is 16.6. The van der Waals surface area contributed by atoms with Gasteiger partial charge in [-0.3, -0.25) is 0 Å². The lowest BCUT2D eigenvalue weighted by atomic mass is 9.87. The third-order valence-electron chi connectivity index (χ3n) is 5.74. The molecule has 166 valence electrons. The molecule has 0 aliphatic carbocycles. The van der Waals surface area contributed by atoms with Gasteiger partial charge in [0, 0.05) is 24.1 Å². The number of hydrogen-bond acceptors (Lipinski definition) is 6. The van der Waals surface area contributed by atoms with Crippen LogP contribution in [-0.4, -0.2) is 44.4 Å². The minimum atomic E-state index is -0.203. The Morgan fingerprint density at radius 1 is 0.938 bits per heavy atom. The van der Waals surface area contributed by atoms with Crippen molar-refractivity contribution in [3.63, 3.8) is 0 Å². The molecule has 7 nitrogen and oxygen atoms in total. The van der Waals surface area contributed by atoms with Gasteiger partial charge in [-0.2, -0.15) is 9.78 Å². The summed E-state index contributed by atoms with van der Waals surface area (Å²) in [5, 5.41) is 13.9. The molecule has 1 aliphatic heterocycles. The molecule has 7 heteroatoms. The quantitative estimate of drug-likeness (QED) is 0.560. The molecule has 0 fully saturated rings. The largest absolute Gasteiger partial charge is 0.357 e. The summed E-state index contributed by atoms with van der Waals surface area (Å²) in [5.41, 5.74) is 5.30. The van der Waals surface area contributed by atoms with Crippen LogP contribution in [0.25, 0.3) is 11.4 Å². The SMILES string of the molecule is CCN(CC)c1ccc(N=C2C(C(C)(C)C)=Nn3c2nnc3-c2ccccc2C)c(C)n1. The lowest BCUT2D eigenvalue weighted by Gasteiger charge is -2.20. The molecule has 3 aromatic rings. The van der Waals surface area contributed by atoms with Gasteiger partial charge in [-0.1, -0.05) is 45.0 Å². The second kappa shape index (κ2) is 8.30. The number of pyridine rings is 1. The Morgan fingerprint density at radius 3 is 2.25 bits per heavy atom. The molecule has 0 atom stereocenters. The number of rotatable bonds is 5. The van der Waals surface area contributed by atoms with E-state index < -0.39 is 0 Å². The van der Waals surface area contributed by atoms with Gasteiger partial charge in [0.15, 0.2) is 5.82 Å². The van der Waals surface area contributed by atoms with Crippen LogP contribution in [0.1, 0.15) is 51.7 Å². The smallest absolute Gasteiger partial charge is 0.205 e. The third kappa shape index (κ3) is 3.83.